The second kappa shape index (κ2) is 7.18. The zero-order chi connectivity index (χ0) is 16.2. The van der Waals surface area contributed by atoms with Crippen molar-refractivity contribution in [3.05, 3.63) is 53.3 Å². The number of thioether (sulfide) groups is 1. The molecule has 3 rings (SSSR count). The zero-order valence-corrected chi connectivity index (χ0v) is 14.4. The van der Waals surface area contributed by atoms with Crippen LogP contribution in [0.5, 0.6) is 0 Å². The van der Waals surface area contributed by atoms with Gasteiger partial charge in [-0.05, 0) is 61.4 Å². The van der Waals surface area contributed by atoms with Gasteiger partial charge in [-0.1, -0.05) is 12.1 Å². The van der Waals surface area contributed by atoms with E-state index in [2.05, 4.69) is 9.89 Å². The lowest BCUT2D eigenvalue weighted by Crippen LogP contribution is -2.19. The molecule has 0 aliphatic carbocycles. The van der Waals surface area contributed by atoms with E-state index in [1.165, 1.54) is 0 Å². The summed E-state index contributed by atoms with van der Waals surface area (Å²) in [6.45, 7) is 3.91. The monoisotopic (exact) mass is 328 g/mol. The maximum absolute atomic E-state index is 14.4. The number of hydrogen-bond acceptors (Lipinski definition) is 3. The van der Waals surface area contributed by atoms with Gasteiger partial charge in [0.1, 0.15) is 5.82 Å². The number of rotatable bonds is 4. The molecule has 2 nitrogen and oxygen atoms in total. The van der Waals surface area contributed by atoms with Crippen LogP contribution in [0.2, 0.25) is 0 Å². The molecule has 2 aromatic carbocycles. The van der Waals surface area contributed by atoms with Gasteiger partial charge < -0.3 is 4.90 Å². The number of aliphatic imine (C=N–C) groups is 1. The molecule has 0 bridgehead atoms. The molecule has 0 N–H and O–H groups in total. The molecule has 1 fully saturated rings. The summed E-state index contributed by atoms with van der Waals surface area (Å²) in [6.07, 6.45) is 6.09. The third kappa shape index (κ3) is 3.58. The quantitative estimate of drug-likeness (QED) is 0.566. The largest absolute Gasteiger partial charge is 0.369 e. The van der Waals surface area contributed by atoms with Crippen LogP contribution in [0.15, 0.2) is 46.3 Å². The smallest absolute Gasteiger partial charge is 0.147 e. The van der Waals surface area contributed by atoms with Crippen LogP contribution >= 0.6 is 11.8 Å². The molecule has 23 heavy (non-hydrogen) atoms. The predicted molar refractivity (Wildman–Crippen MR) is 98.1 cm³/mol. The van der Waals surface area contributed by atoms with Gasteiger partial charge in [0.25, 0.3) is 0 Å². The summed E-state index contributed by atoms with van der Waals surface area (Å²) in [7, 11) is 0. The van der Waals surface area contributed by atoms with E-state index in [1.807, 2.05) is 43.5 Å². The number of nitrogens with zero attached hydrogens (tertiary/aromatic N) is 2. The van der Waals surface area contributed by atoms with Gasteiger partial charge in [0.15, 0.2) is 0 Å². The Labute approximate surface area is 141 Å². The van der Waals surface area contributed by atoms with Gasteiger partial charge in [0, 0.05) is 24.2 Å². The SMILES string of the molecule is CSc1ccccc1N=Cc1cc(F)c(N2CCCC2)cc1C. The topological polar surface area (TPSA) is 15.6 Å². The van der Waals surface area contributed by atoms with E-state index in [-0.39, 0.29) is 5.82 Å². The second-order valence-corrected chi connectivity index (χ2v) is 6.63. The van der Waals surface area contributed by atoms with Crippen LogP contribution in [-0.4, -0.2) is 25.6 Å². The molecule has 1 aliphatic rings. The van der Waals surface area contributed by atoms with Gasteiger partial charge in [-0.15, -0.1) is 11.8 Å². The number of benzene rings is 2. The molecular formula is C19H21FN2S. The van der Waals surface area contributed by atoms with Crippen LogP contribution in [0.1, 0.15) is 24.0 Å². The molecule has 120 valence electrons. The van der Waals surface area contributed by atoms with Gasteiger partial charge in [-0.3, -0.25) is 4.99 Å². The molecule has 0 unspecified atom stereocenters. The predicted octanol–water partition coefficient (Wildman–Crippen LogP) is 5.21. The average Bonchev–Trinajstić information content (AvgIpc) is 3.09. The Bertz CT molecular complexity index is 721. The highest BCUT2D eigenvalue weighted by atomic mass is 32.2. The van der Waals surface area contributed by atoms with Crippen molar-refractivity contribution < 1.29 is 4.39 Å². The molecule has 0 aromatic heterocycles. The van der Waals surface area contributed by atoms with Crippen LogP contribution in [0.25, 0.3) is 0 Å². The van der Waals surface area contributed by atoms with Crippen LogP contribution in [0.4, 0.5) is 15.8 Å². The van der Waals surface area contributed by atoms with Gasteiger partial charge >= 0.3 is 0 Å². The first-order chi connectivity index (χ1) is 11.2. The Morgan fingerprint density at radius 2 is 1.91 bits per heavy atom. The van der Waals surface area contributed by atoms with Crippen molar-refractivity contribution in [1.82, 2.24) is 0 Å². The molecule has 0 spiro atoms. The molecule has 0 radical (unpaired) electrons. The van der Waals surface area contributed by atoms with E-state index < -0.39 is 0 Å². The van der Waals surface area contributed by atoms with Crippen molar-refractivity contribution >= 4 is 29.4 Å². The lowest BCUT2D eigenvalue weighted by Gasteiger charge is -2.19. The molecule has 0 atom stereocenters. The van der Waals surface area contributed by atoms with Gasteiger partial charge in [-0.25, -0.2) is 4.39 Å². The van der Waals surface area contributed by atoms with Crippen molar-refractivity contribution in [2.45, 2.75) is 24.7 Å². The Balaban J connectivity index is 1.88. The second-order valence-electron chi connectivity index (χ2n) is 5.78. The number of anilines is 1. The van der Waals surface area contributed by atoms with E-state index >= 15 is 0 Å². The van der Waals surface area contributed by atoms with Crippen molar-refractivity contribution in [3.63, 3.8) is 0 Å². The average molecular weight is 328 g/mol. The van der Waals surface area contributed by atoms with Crippen LogP contribution in [-0.2, 0) is 0 Å². The number of para-hydroxylation sites is 1. The maximum Gasteiger partial charge on any atom is 0.147 e. The first-order valence-electron chi connectivity index (χ1n) is 7.91. The Morgan fingerprint density at radius 3 is 2.65 bits per heavy atom. The summed E-state index contributed by atoms with van der Waals surface area (Å²) in [5.74, 6) is -0.155. The molecule has 0 amide bonds. The minimum absolute atomic E-state index is 0.155. The number of aryl methyl sites for hydroxylation is 1. The molecule has 2 aromatic rings. The standard InChI is InChI=1S/C19H21FN2S/c1-14-11-18(22-9-5-6-10-22)16(20)12-15(14)13-21-17-7-3-4-8-19(17)23-2/h3-4,7-8,11-13H,5-6,9-10H2,1-2H3. The lowest BCUT2D eigenvalue weighted by molar-refractivity contribution is 0.622. The molecule has 4 heteroatoms. The fourth-order valence-corrected chi connectivity index (χ4v) is 3.44. The van der Waals surface area contributed by atoms with E-state index in [1.54, 1.807) is 24.0 Å². The van der Waals surface area contributed by atoms with Crippen LogP contribution in [0.3, 0.4) is 0 Å². The summed E-state index contributed by atoms with van der Waals surface area (Å²) in [6, 6.07) is 11.5. The summed E-state index contributed by atoms with van der Waals surface area (Å²) < 4.78 is 14.4. The van der Waals surface area contributed by atoms with E-state index in [0.717, 1.165) is 53.3 Å². The Kier molecular flexibility index (Phi) is 5.01. The van der Waals surface area contributed by atoms with Crippen molar-refractivity contribution in [2.75, 3.05) is 24.2 Å². The fraction of sp³-hybridized carbons (Fsp3) is 0.316. The van der Waals surface area contributed by atoms with E-state index in [4.69, 9.17) is 0 Å². The maximum atomic E-state index is 14.4. The minimum atomic E-state index is -0.155. The molecule has 0 saturated carbocycles. The zero-order valence-electron chi connectivity index (χ0n) is 13.6. The summed E-state index contributed by atoms with van der Waals surface area (Å²) >= 11 is 1.66. The lowest BCUT2D eigenvalue weighted by atomic mass is 10.1. The summed E-state index contributed by atoms with van der Waals surface area (Å²) in [5.41, 5.74) is 3.53. The minimum Gasteiger partial charge on any atom is -0.369 e. The first-order valence-corrected chi connectivity index (χ1v) is 9.13. The van der Waals surface area contributed by atoms with Crippen molar-refractivity contribution in [1.29, 1.82) is 0 Å². The number of hydrogen-bond donors (Lipinski definition) is 0. The first kappa shape index (κ1) is 16.1. The summed E-state index contributed by atoms with van der Waals surface area (Å²) in [4.78, 5) is 7.80. The molecule has 1 heterocycles. The highest BCUT2D eigenvalue weighted by molar-refractivity contribution is 7.98. The van der Waals surface area contributed by atoms with Crippen LogP contribution < -0.4 is 4.90 Å². The Hall–Kier alpha value is -1.81. The molecule has 1 saturated heterocycles. The van der Waals surface area contributed by atoms with Crippen LogP contribution in [0, 0.1) is 12.7 Å². The highest BCUT2D eigenvalue weighted by Crippen LogP contribution is 2.29. The normalized spacial score (nSPS) is 14.8. The number of halogens is 1. The molecule has 1 aliphatic heterocycles. The van der Waals surface area contributed by atoms with E-state index in [9.17, 15) is 4.39 Å². The van der Waals surface area contributed by atoms with Gasteiger partial charge in [0.05, 0.1) is 11.4 Å². The van der Waals surface area contributed by atoms with Gasteiger partial charge in [-0.2, -0.15) is 0 Å². The molecular weight excluding hydrogens is 307 g/mol. The fourth-order valence-electron chi connectivity index (χ4n) is 2.90. The third-order valence-corrected chi connectivity index (χ3v) is 5.00. The highest BCUT2D eigenvalue weighted by Gasteiger charge is 2.17. The van der Waals surface area contributed by atoms with Gasteiger partial charge in [0.2, 0.25) is 0 Å². The third-order valence-electron chi connectivity index (χ3n) is 4.21. The summed E-state index contributed by atoms with van der Waals surface area (Å²) in [5, 5.41) is 0. The van der Waals surface area contributed by atoms with Crippen molar-refractivity contribution in [3.8, 4) is 0 Å². The Morgan fingerprint density at radius 1 is 1.17 bits per heavy atom. The van der Waals surface area contributed by atoms with E-state index in [0.29, 0.717) is 0 Å². The van der Waals surface area contributed by atoms with Crippen molar-refractivity contribution in [2.24, 2.45) is 4.99 Å².